The second kappa shape index (κ2) is 5.23. The van der Waals surface area contributed by atoms with E-state index in [-0.39, 0.29) is 5.63 Å². The highest BCUT2D eigenvalue weighted by Crippen LogP contribution is 2.35. The Bertz CT molecular complexity index is 1310. The van der Waals surface area contributed by atoms with Crippen LogP contribution in [0, 0.1) is 0 Å². The Morgan fingerprint density at radius 2 is 1.52 bits per heavy atom. The normalized spacial score (nSPS) is 11.6. The number of furan rings is 1. The Balaban J connectivity index is 1.89. The third kappa shape index (κ3) is 2.17. The van der Waals surface area contributed by atoms with Crippen LogP contribution in [-0.2, 0) is 0 Å². The molecule has 0 bridgehead atoms. The number of rotatable bonds is 1. The monoisotopic (exact) mass is 346 g/mol. The highest BCUT2D eigenvalue weighted by Gasteiger charge is 2.13. The number of hydrogen-bond donors (Lipinski definition) is 0. The van der Waals surface area contributed by atoms with Crippen LogP contribution in [0.4, 0.5) is 0 Å². The van der Waals surface area contributed by atoms with Crippen LogP contribution in [0.2, 0.25) is 5.02 Å². The van der Waals surface area contributed by atoms with Gasteiger partial charge in [0.25, 0.3) is 0 Å². The number of hydrogen-bond acceptors (Lipinski definition) is 3. The van der Waals surface area contributed by atoms with Gasteiger partial charge in [-0.05, 0) is 35.2 Å². The molecular weight excluding hydrogens is 336 g/mol. The van der Waals surface area contributed by atoms with Crippen molar-refractivity contribution in [3.8, 4) is 11.1 Å². The van der Waals surface area contributed by atoms with Gasteiger partial charge in [-0.25, -0.2) is 4.79 Å². The summed E-state index contributed by atoms with van der Waals surface area (Å²) in [6.07, 6.45) is 1.72. The maximum absolute atomic E-state index is 12.2. The number of benzene rings is 3. The maximum atomic E-state index is 12.2. The predicted molar refractivity (Wildman–Crippen MR) is 100 cm³/mol. The minimum absolute atomic E-state index is 0.341. The Hall–Kier alpha value is -3.04. The fourth-order valence-corrected chi connectivity index (χ4v) is 3.38. The molecule has 2 heterocycles. The minimum Gasteiger partial charge on any atom is -0.464 e. The first-order valence-electron chi connectivity index (χ1n) is 7.83. The molecule has 0 aliphatic carbocycles. The molecule has 0 amide bonds. The van der Waals surface area contributed by atoms with Crippen molar-refractivity contribution in [2.24, 2.45) is 0 Å². The van der Waals surface area contributed by atoms with Gasteiger partial charge >= 0.3 is 5.63 Å². The Labute approximate surface area is 147 Å². The summed E-state index contributed by atoms with van der Waals surface area (Å²) in [5.41, 5.74) is 2.85. The van der Waals surface area contributed by atoms with Gasteiger partial charge in [-0.15, -0.1) is 0 Å². The molecule has 0 unspecified atom stereocenters. The van der Waals surface area contributed by atoms with Gasteiger partial charge in [0.1, 0.15) is 11.2 Å². The molecule has 0 saturated carbocycles. The lowest BCUT2D eigenvalue weighted by Gasteiger charge is -2.04. The van der Waals surface area contributed by atoms with Gasteiger partial charge in [-0.3, -0.25) is 0 Å². The lowest BCUT2D eigenvalue weighted by molar-refractivity contribution is 0.567. The van der Waals surface area contributed by atoms with Crippen molar-refractivity contribution < 1.29 is 8.83 Å². The summed E-state index contributed by atoms with van der Waals surface area (Å²) in [5, 5.41) is 3.99. The molecule has 25 heavy (non-hydrogen) atoms. The lowest BCUT2D eigenvalue weighted by atomic mass is 10.0. The molecule has 0 aliphatic rings. The molecule has 0 spiro atoms. The summed E-state index contributed by atoms with van der Waals surface area (Å²) in [7, 11) is 0. The van der Waals surface area contributed by atoms with Crippen LogP contribution in [-0.4, -0.2) is 0 Å². The number of fused-ring (bicyclic) bond motifs is 4. The molecule has 5 aromatic rings. The fourth-order valence-electron chi connectivity index (χ4n) is 3.25. The van der Waals surface area contributed by atoms with E-state index in [2.05, 4.69) is 0 Å². The first kappa shape index (κ1) is 14.3. The van der Waals surface area contributed by atoms with Crippen molar-refractivity contribution in [2.75, 3.05) is 0 Å². The van der Waals surface area contributed by atoms with E-state index in [0.29, 0.717) is 21.6 Å². The summed E-state index contributed by atoms with van der Waals surface area (Å²) in [6.45, 7) is 0. The van der Waals surface area contributed by atoms with E-state index in [4.69, 9.17) is 20.4 Å². The zero-order chi connectivity index (χ0) is 17.0. The zero-order valence-corrected chi connectivity index (χ0v) is 13.7. The van der Waals surface area contributed by atoms with Gasteiger partial charge in [-0.2, -0.15) is 0 Å². The molecular formula is C21H11ClO3. The van der Waals surface area contributed by atoms with Crippen LogP contribution in [0.1, 0.15) is 0 Å². The van der Waals surface area contributed by atoms with Crippen molar-refractivity contribution >= 4 is 44.3 Å². The molecule has 0 saturated heterocycles. The lowest BCUT2D eigenvalue weighted by Crippen LogP contribution is -1.99. The number of halogens is 1. The average molecular weight is 347 g/mol. The van der Waals surface area contributed by atoms with Crippen LogP contribution >= 0.6 is 11.6 Å². The van der Waals surface area contributed by atoms with E-state index in [0.717, 1.165) is 27.3 Å². The summed E-state index contributed by atoms with van der Waals surface area (Å²) in [6, 6.07) is 18.9. The van der Waals surface area contributed by atoms with Crippen molar-refractivity contribution in [2.45, 2.75) is 0 Å². The van der Waals surface area contributed by atoms with Crippen molar-refractivity contribution in [1.82, 2.24) is 0 Å². The second-order valence-corrected chi connectivity index (χ2v) is 6.37. The van der Waals surface area contributed by atoms with Gasteiger partial charge in [0.15, 0.2) is 0 Å². The third-order valence-corrected chi connectivity index (χ3v) is 4.72. The summed E-state index contributed by atoms with van der Waals surface area (Å²) >= 11 is 5.98. The molecule has 0 N–H and O–H groups in total. The molecule has 0 aliphatic heterocycles. The van der Waals surface area contributed by atoms with E-state index in [1.807, 2.05) is 48.5 Å². The summed E-state index contributed by atoms with van der Waals surface area (Å²) < 4.78 is 11.2. The van der Waals surface area contributed by atoms with Crippen molar-refractivity contribution in [1.29, 1.82) is 0 Å². The molecule has 5 rings (SSSR count). The Morgan fingerprint density at radius 1 is 0.760 bits per heavy atom. The highest BCUT2D eigenvalue weighted by atomic mass is 35.5. The molecule has 4 heteroatoms. The van der Waals surface area contributed by atoms with Crippen LogP contribution in [0.5, 0.6) is 0 Å². The molecule has 120 valence electrons. The molecule has 3 aromatic carbocycles. The smallest absolute Gasteiger partial charge is 0.344 e. The van der Waals surface area contributed by atoms with Gasteiger partial charge in [0, 0.05) is 27.4 Å². The first-order valence-corrected chi connectivity index (χ1v) is 8.21. The maximum Gasteiger partial charge on any atom is 0.344 e. The average Bonchev–Trinajstić information content (AvgIpc) is 3.04. The second-order valence-electron chi connectivity index (χ2n) is 5.94. The van der Waals surface area contributed by atoms with Crippen molar-refractivity contribution in [3.63, 3.8) is 0 Å². The van der Waals surface area contributed by atoms with Gasteiger partial charge in [0.2, 0.25) is 0 Å². The van der Waals surface area contributed by atoms with Gasteiger partial charge < -0.3 is 8.83 Å². The summed E-state index contributed by atoms with van der Waals surface area (Å²) in [4.78, 5) is 12.2. The van der Waals surface area contributed by atoms with E-state index >= 15 is 0 Å². The zero-order valence-electron chi connectivity index (χ0n) is 13.0. The van der Waals surface area contributed by atoms with Gasteiger partial charge in [-0.1, -0.05) is 41.9 Å². The van der Waals surface area contributed by atoms with E-state index < -0.39 is 0 Å². The molecule has 2 aromatic heterocycles. The SMILES string of the molecule is O=c1oc2cc3occ(-c4ccc(Cl)cc4)c3cc2c2ccccc12. The molecule has 0 atom stereocenters. The minimum atomic E-state index is -0.341. The third-order valence-electron chi connectivity index (χ3n) is 4.47. The predicted octanol–water partition coefficient (Wildman–Crippen LogP) is 6.01. The van der Waals surface area contributed by atoms with E-state index in [9.17, 15) is 4.79 Å². The van der Waals surface area contributed by atoms with Crippen LogP contribution < -0.4 is 5.63 Å². The van der Waals surface area contributed by atoms with Crippen LogP contribution in [0.15, 0.2) is 80.6 Å². The van der Waals surface area contributed by atoms with Crippen LogP contribution in [0.25, 0.3) is 43.8 Å². The first-order chi connectivity index (χ1) is 12.2. The standard InChI is InChI=1S/C21H11ClO3/c22-13-7-5-12(6-8-13)18-11-24-19-10-20-16(9-17(18)19)14-3-1-2-4-15(14)21(23)25-20/h1-11H. The van der Waals surface area contributed by atoms with E-state index in [1.54, 1.807) is 18.4 Å². The fraction of sp³-hybridized carbons (Fsp3) is 0. The Morgan fingerprint density at radius 3 is 2.32 bits per heavy atom. The topological polar surface area (TPSA) is 43.4 Å². The quantitative estimate of drug-likeness (QED) is 0.275. The largest absolute Gasteiger partial charge is 0.464 e. The molecule has 0 radical (unpaired) electrons. The summed E-state index contributed by atoms with van der Waals surface area (Å²) in [5.74, 6) is 0. The van der Waals surface area contributed by atoms with Crippen molar-refractivity contribution in [3.05, 3.63) is 82.4 Å². The van der Waals surface area contributed by atoms with E-state index in [1.165, 1.54) is 0 Å². The highest BCUT2D eigenvalue weighted by molar-refractivity contribution is 6.30. The molecule has 0 fully saturated rings. The molecule has 3 nitrogen and oxygen atoms in total. The Kier molecular flexibility index (Phi) is 2.99. The van der Waals surface area contributed by atoms with Gasteiger partial charge in [0.05, 0.1) is 11.6 Å². The van der Waals surface area contributed by atoms with Crippen LogP contribution in [0.3, 0.4) is 0 Å².